The summed E-state index contributed by atoms with van der Waals surface area (Å²) in [6.07, 6.45) is 0.810. The summed E-state index contributed by atoms with van der Waals surface area (Å²) in [5.74, 6) is 0.696. The molecule has 0 aromatic carbocycles. The van der Waals surface area contributed by atoms with Gasteiger partial charge in [0.05, 0.1) is 4.88 Å². The fourth-order valence-corrected chi connectivity index (χ4v) is 3.38. The highest BCUT2D eigenvalue weighted by atomic mass is 32.1. The predicted molar refractivity (Wildman–Crippen MR) is 80.5 cm³/mol. The number of carbonyl (C=O) groups is 1. The van der Waals surface area contributed by atoms with Crippen LogP contribution in [0.4, 0.5) is 0 Å². The van der Waals surface area contributed by atoms with E-state index in [0.29, 0.717) is 13.2 Å². The Kier molecular flexibility index (Phi) is 4.67. The van der Waals surface area contributed by atoms with Crippen LogP contribution in [0.25, 0.3) is 10.2 Å². The standard InChI is InChI=1S/C14H19N3O2S/c1-8-11-9(2)16-10(3)17-14(11)20-12(8)13(18)15-6-5-7-19-4/h5-7H2,1-4H3,(H,15,18). The number of hydrogen-bond donors (Lipinski definition) is 1. The molecule has 0 spiro atoms. The molecule has 5 nitrogen and oxygen atoms in total. The van der Waals surface area contributed by atoms with Crippen LogP contribution in [0.1, 0.15) is 33.2 Å². The summed E-state index contributed by atoms with van der Waals surface area (Å²) in [5.41, 5.74) is 1.89. The maximum Gasteiger partial charge on any atom is 0.261 e. The lowest BCUT2D eigenvalue weighted by molar-refractivity contribution is 0.0952. The van der Waals surface area contributed by atoms with Gasteiger partial charge >= 0.3 is 0 Å². The van der Waals surface area contributed by atoms with Gasteiger partial charge in [0.1, 0.15) is 10.7 Å². The van der Waals surface area contributed by atoms with Crippen LogP contribution in [0.2, 0.25) is 0 Å². The molecule has 20 heavy (non-hydrogen) atoms. The van der Waals surface area contributed by atoms with Gasteiger partial charge < -0.3 is 10.1 Å². The van der Waals surface area contributed by atoms with Crippen LogP contribution in [-0.2, 0) is 4.74 Å². The summed E-state index contributed by atoms with van der Waals surface area (Å²) in [4.78, 5) is 22.6. The third-order valence-electron chi connectivity index (χ3n) is 3.10. The minimum Gasteiger partial charge on any atom is -0.385 e. The summed E-state index contributed by atoms with van der Waals surface area (Å²) in [6, 6.07) is 0. The van der Waals surface area contributed by atoms with Crippen molar-refractivity contribution in [2.75, 3.05) is 20.3 Å². The maximum absolute atomic E-state index is 12.2. The number of fused-ring (bicyclic) bond motifs is 1. The molecule has 0 aliphatic rings. The minimum absolute atomic E-state index is 0.0429. The second-order valence-electron chi connectivity index (χ2n) is 4.69. The van der Waals surface area contributed by atoms with Crippen LogP contribution >= 0.6 is 11.3 Å². The number of aryl methyl sites for hydroxylation is 3. The SMILES string of the molecule is COCCCNC(=O)c1sc2nc(C)nc(C)c2c1C. The highest BCUT2D eigenvalue weighted by Gasteiger charge is 2.18. The van der Waals surface area contributed by atoms with Gasteiger partial charge in [-0.3, -0.25) is 4.79 Å². The number of nitrogens with one attached hydrogen (secondary N) is 1. The van der Waals surface area contributed by atoms with Gasteiger partial charge in [0.15, 0.2) is 0 Å². The van der Waals surface area contributed by atoms with E-state index in [-0.39, 0.29) is 5.91 Å². The van der Waals surface area contributed by atoms with Gasteiger partial charge in [-0.15, -0.1) is 11.3 Å². The van der Waals surface area contributed by atoms with Gasteiger partial charge in [0.25, 0.3) is 5.91 Å². The molecule has 0 bridgehead atoms. The quantitative estimate of drug-likeness (QED) is 0.860. The van der Waals surface area contributed by atoms with Gasteiger partial charge in [-0.1, -0.05) is 0 Å². The summed E-state index contributed by atoms with van der Waals surface area (Å²) in [6.45, 7) is 7.04. The Morgan fingerprint density at radius 2 is 2.05 bits per heavy atom. The van der Waals surface area contributed by atoms with Crippen molar-refractivity contribution >= 4 is 27.5 Å². The van der Waals surface area contributed by atoms with Crippen LogP contribution in [0.15, 0.2) is 0 Å². The minimum atomic E-state index is -0.0429. The Hall–Kier alpha value is -1.53. The van der Waals surface area contributed by atoms with Crippen LogP contribution < -0.4 is 5.32 Å². The number of rotatable bonds is 5. The molecule has 0 aliphatic heterocycles. The molecular formula is C14H19N3O2S. The molecule has 0 unspecified atom stereocenters. The molecule has 0 saturated carbocycles. The average molecular weight is 293 g/mol. The van der Waals surface area contributed by atoms with Crippen LogP contribution in [0.5, 0.6) is 0 Å². The van der Waals surface area contributed by atoms with Crippen molar-refractivity contribution < 1.29 is 9.53 Å². The first-order chi connectivity index (χ1) is 9.54. The van der Waals surface area contributed by atoms with E-state index in [9.17, 15) is 4.79 Å². The highest BCUT2D eigenvalue weighted by Crippen LogP contribution is 2.31. The lowest BCUT2D eigenvalue weighted by Gasteiger charge is -2.04. The van der Waals surface area contributed by atoms with Gasteiger partial charge in [-0.05, 0) is 32.8 Å². The largest absolute Gasteiger partial charge is 0.385 e. The van der Waals surface area contributed by atoms with Gasteiger partial charge in [-0.2, -0.15) is 0 Å². The number of aromatic nitrogens is 2. The molecule has 1 N–H and O–H groups in total. The van der Waals surface area contributed by atoms with Crippen molar-refractivity contribution in [3.63, 3.8) is 0 Å². The number of nitrogens with zero attached hydrogens (tertiary/aromatic N) is 2. The molecule has 0 saturated heterocycles. The van der Waals surface area contributed by atoms with E-state index < -0.39 is 0 Å². The Morgan fingerprint density at radius 3 is 2.75 bits per heavy atom. The van der Waals surface area contributed by atoms with E-state index in [2.05, 4.69) is 15.3 Å². The van der Waals surface area contributed by atoms with E-state index in [0.717, 1.165) is 38.6 Å². The zero-order valence-corrected chi connectivity index (χ0v) is 13.1. The lowest BCUT2D eigenvalue weighted by atomic mass is 10.1. The van der Waals surface area contributed by atoms with Gasteiger partial charge in [0, 0.05) is 31.3 Å². The smallest absolute Gasteiger partial charge is 0.261 e. The molecule has 2 rings (SSSR count). The Labute approximate surface area is 122 Å². The number of amides is 1. The van der Waals surface area contributed by atoms with Gasteiger partial charge in [0.2, 0.25) is 0 Å². The molecule has 108 valence electrons. The summed E-state index contributed by atoms with van der Waals surface area (Å²) in [7, 11) is 1.65. The lowest BCUT2D eigenvalue weighted by Crippen LogP contribution is -2.24. The maximum atomic E-state index is 12.2. The van der Waals surface area contributed by atoms with Gasteiger partial charge in [-0.25, -0.2) is 9.97 Å². The number of carbonyl (C=O) groups excluding carboxylic acids is 1. The van der Waals surface area contributed by atoms with Crippen LogP contribution in [-0.4, -0.2) is 36.1 Å². The molecular weight excluding hydrogens is 274 g/mol. The zero-order chi connectivity index (χ0) is 14.7. The number of hydrogen-bond acceptors (Lipinski definition) is 5. The molecule has 0 fully saturated rings. The van der Waals surface area contributed by atoms with Crippen molar-refractivity contribution in [3.8, 4) is 0 Å². The predicted octanol–water partition coefficient (Wildman–Crippen LogP) is 2.38. The summed E-state index contributed by atoms with van der Waals surface area (Å²) in [5, 5.41) is 3.92. The fraction of sp³-hybridized carbons (Fsp3) is 0.500. The van der Waals surface area contributed by atoms with Crippen LogP contribution in [0, 0.1) is 20.8 Å². The fourth-order valence-electron chi connectivity index (χ4n) is 2.19. The number of ether oxygens (including phenoxy) is 1. The first-order valence-corrected chi connectivity index (χ1v) is 7.37. The Bertz CT molecular complexity index is 637. The normalized spacial score (nSPS) is 11.0. The third-order valence-corrected chi connectivity index (χ3v) is 4.28. The Balaban J connectivity index is 2.24. The summed E-state index contributed by atoms with van der Waals surface area (Å²) < 4.78 is 4.96. The van der Waals surface area contributed by atoms with Crippen molar-refractivity contribution in [1.82, 2.24) is 15.3 Å². The molecule has 1 amide bonds. The molecule has 2 heterocycles. The van der Waals surface area contributed by atoms with E-state index >= 15 is 0 Å². The monoisotopic (exact) mass is 293 g/mol. The highest BCUT2D eigenvalue weighted by molar-refractivity contribution is 7.20. The molecule has 6 heteroatoms. The number of methoxy groups -OCH3 is 1. The second-order valence-corrected chi connectivity index (χ2v) is 5.69. The molecule has 0 aliphatic carbocycles. The molecule has 2 aromatic rings. The third kappa shape index (κ3) is 2.96. The first kappa shape index (κ1) is 14.9. The van der Waals surface area contributed by atoms with Crippen molar-refractivity contribution in [2.45, 2.75) is 27.2 Å². The van der Waals surface area contributed by atoms with E-state index in [1.54, 1.807) is 7.11 Å². The first-order valence-electron chi connectivity index (χ1n) is 6.56. The zero-order valence-electron chi connectivity index (χ0n) is 12.2. The average Bonchev–Trinajstić information content (AvgIpc) is 2.71. The Morgan fingerprint density at radius 1 is 1.30 bits per heavy atom. The van der Waals surface area contributed by atoms with Crippen LogP contribution in [0.3, 0.4) is 0 Å². The molecule has 0 atom stereocenters. The second kappa shape index (κ2) is 6.28. The summed E-state index contributed by atoms with van der Waals surface area (Å²) >= 11 is 1.43. The van der Waals surface area contributed by atoms with E-state index in [1.807, 2.05) is 20.8 Å². The topological polar surface area (TPSA) is 64.1 Å². The van der Waals surface area contributed by atoms with E-state index in [1.165, 1.54) is 11.3 Å². The van der Waals surface area contributed by atoms with Crippen molar-refractivity contribution in [2.24, 2.45) is 0 Å². The molecule has 2 aromatic heterocycles. The molecule has 0 radical (unpaired) electrons. The van der Waals surface area contributed by atoms with Crippen molar-refractivity contribution in [1.29, 1.82) is 0 Å². The number of thiophene rings is 1. The van der Waals surface area contributed by atoms with E-state index in [4.69, 9.17) is 4.74 Å². The van der Waals surface area contributed by atoms with Crippen molar-refractivity contribution in [3.05, 3.63) is 22.0 Å².